The first-order valence-electron chi connectivity index (χ1n) is 5.77. The largest absolute Gasteiger partial charge is 0.389 e. The minimum absolute atomic E-state index is 0.282. The predicted octanol–water partition coefficient (Wildman–Crippen LogP) is 3.99. The van der Waals surface area contributed by atoms with E-state index in [0.29, 0.717) is 0 Å². The van der Waals surface area contributed by atoms with Crippen molar-refractivity contribution in [3.05, 3.63) is 47.0 Å². The molecule has 0 amide bonds. The van der Waals surface area contributed by atoms with Gasteiger partial charge in [0, 0.05) is 5.02 Å². The lowest BCUT2D eigenvalue weighted by Gasteiger charge is -2.05. The van der Waals surface area contributed by atoms with Crippen LogP contribution in [-0.2, 0) is 6.42 Å². The van der Waals surface area contributed by atoms with Crippen LogP contribution in [0.5, 0.6) is 0 Å². The highest BCUT2D eigenvalue weighted by Gasteiger charge is 1.99. The van der Waals surface area contributed by atoms with Crippen molar-refractivity contribution in [3.63, 3.8) is 0 Å². The Kier molecular flexibility index (Phi) is 6.20. The van der Waals surface area contributed by atoms with Gasteiger partial charge in [0.05, 0.1) is 6.10 Å². The first-order chi connectivity index (χ1) is 7.72. The Labute approximate surface area is 103 Å². The maximum Gasteiger partial charge on any atom is 0.0720 e. The van der Waals surface area contributed by atoms with E-state index in [2.05, 4.69) is 12.1 Å². The zero-order chi connectivity index (χ0) is 11.8. The fourth-order valence-corrected chi connectivity index (χ4v) is 1.78. The van der Waals surface area contributed by atoms with Crippen LogP contribution in [0.1, 0.15) is 31.7 Å². The molecule has 0 fully saturated rings. The number of hydrogen-bond donors (Lipinski definition) is 1. The zero-order valence-electron chi connectivity index (χ0n) is 9.70. The van der Waals surface area contributed by atoms with Gasteiger partial charge in [-0.15, -0.1) is 0 Å². The molecule has 0 aliphatic rings. The third-order valence-corrected chi connectivity index (χ3v) is 2.80. The molecule has 1 nitrogen and oxygen atoms in total. The van der Waals surface area contributed by atoms with E-state index in [1.54, 1.807) is 0 Å². The fraction of sp³-hybridized carbons (Fsp3) is 0.429. The van der Waals surface area contributed by atoms with Gasteiger partial charge in [0.15, 0.2) is 0 Å². The zero-order valence-corrected chi connectivity index (χ0v) is 10.5. The van der Waals surface area contributed by atoms with E-state index in [1.807, 2.05) is 31.2 Å². The van der Waals surface area contributed by atoms with Crippen LogP contribution in [0, 0.1) is 0 Å². The van der Waals surface area contributed by atoms with Crippen molar-refractivity contribution in [2.45, 2.75) is 38.7 Å². The molecule has 0 saturated carbocycles. The molecule has 1 aromatic carbocycles. The molecule has 1 aromatic rings. The molecule has 0 aromatic heterocycles. The maximum atomic E-state index is 9.48. The van der Waals surface area contributed by atoms with Crippen molar-refractivity contribution in [2.24, 2.45) is 0 Å². The second kappa shape index (κ2) is 7.48. The lowest BCUT2D eigenvalue weighted by molar-refractivity contribution is 0.208. The van der Waals surface area contributed by atoms with Crippen molar-refractivity contribution >= 4 is 11.6 Å². The first-order valence-corrected chi connectivity index (χ1v) is 6.15. The molecule has 16 heavy (non-hydrogen) atoms. The molecule has 1 N–H and O–H groups in total. The molecule has 0 heterocycles. The molecule has 88 valence electrons. The van der Waals surface area contributed by atoms with Gasteiger partial charge < -0.3 is 5.11 Å². The Morgan fingerprint density at radius 1 is 1.25 bits per heavy atom. The van der Waals surface area contributed by atoms with Crippen LogP contribution in [0.25, 0.3) is 0 Å². The molecule has 0 aliphatic heterocycles. The number of hydrogen-bond acceptors (Lipinski definition) is 1. The summed E-state index contributed by atoms with van der Waals surface area (Å²) in [5.74, 6) is 0. The van der Waals surface area contributed by atoms with Gasteiger partial charge in [-0.1, -0.05) is 42.3 Å². The van der Waals surface area contributed by atoms with E-state index in [9.17, 15) is 5.11 Å². The van der Waals surface area contributed by atoms with E-state index in [0.717, 1.165) is 30.7 Å². The van der Waals surface area contributed by atoms with Crippen LogP contribution in [0.4, 0.5) is 0 Å². The van der Waals surface area contributed by atoms with Gasteiger partial charge in [0.1, 0.15) is 0 Å². The molecule has 0 aliphatic carbocycles. The van der Waals surface area contributed by atoms with Crippen molar-refractivity contribution in [3.8, 4) is 0 Å². The van der Waals surface area contributed by atoms with Gasteiger partial charge in [0.2, 0.25) is 0 Å². The van der Waals surface area contributed by atoms with Crippen molar-refractivity contribution in [1.82, 2.24) is 0 Å². The van der Waals surface area contributed by atoms with Crippen molar-refractivity contribution < 1.29 is 5.11 Å². The minimum atomic E-state index is -0.282. The molecule has 1 atom stereocenters. The van der Waals surface area contributed by atoms with Crippen molar-refractivity contribution in [2.75, 3.05) is 0 Å². The SMILES string of the molecule is CC=C[C@@H](O)CCCCc1ccc(Cl)cc1. The second-order valence-corrected chi connectivity index (χ2v) is 4.40. The summed E-state index contributed by atoms with van der Waals surface area (Å²) >= 11 is 5.81. The third-order valence-electron chi connectivity index (χ3n) is 2.54. The van der Waals surface area contributed by atoms with E-state index in [4.69, 9.17) is 11.6 Å². The highest BCUT2D eigenvalue weighted by molar-refractivity contribution is 6.30. The Hall–Kier alpha value is -0.790. The quantitative estimate of drug-likeness (QED) is 0.587. The molecule has 0 bridgehead atoms. The van der Waals surface area contributed by atoms with Gasteiger partial charge in [-0.2, -0.15) is 0 Å². The Bertz CT molecular complexity index is 316. The summed E-state index contributed by atoms with van der Waals surface area (Å²) in [5.41, 5.74) is 1.31. The molecule has 1 rings (SSSR count). The molecule has 0 radical (unpaired) electrons. The van der Waals surface area contributed by atoms with Crippen molar-refractivity contribution in [1.29, 1.82) is 0 Å². The highest BCUT2D eigenvalue weighted by atomic mass is 35.5. The topological polar surface area (TPSA) is 20.2 Å². The second-order valence-electron chi connectivity index (χ2n) is 3.97. The summed E-state index contributed by atoms with van der Waals surface area (Å²) in [6.07, 6.45) is 7.50. The lowest BCUT2D eigenvalue weighted by Crippen LogP contribution is -2.01. The molecule has 0 saturated heterocycles. The Morgan fingerprint density at radius 3 is 2.56 bits per heavy atom. The summed E-state index contributed by atoms with van der Waals surface area (Å²) in [4.78, 5) is 0. The number of aliphatic hydroxyl groups excluding tert-OH is 1. The minimum Gasteiger partial charge on any atom is -0.389 e. The fourth-order valence-electron chi connectivity index (χ4n) is 1.65. The molecular formula is C14H19ClO. The number of unbranched alkanes of at least 4 members (excludes halogenated alkanes) is 1. The summed E-state index contributed by atoms with van der Waals surface area (Å²) in [7, 11) is 0. The van der Waals surface area contributed by atoms with Crippen LogP contribution in [-0.4, -0.2) is 11.2 Å². The number of allylic oxidation sites excluding steroid dienone is 1. The summed E-state index contributed by atoms with van der Waals surface area (Å²) < 4.78 is 0. The van der Waals surface area contributed by atoms with Crippen LogP contribution in [0.15, 0.2) is 36.4 Å². The van der Waals surface area contributed by atoms with E-state index in [1.165, 1.54) is 5.56 Å². The van der Waals surface area contributed by atoms with Gasteiger partial charge in [-0.05, 0) is 43.9 Å². The normalized spacial score (nSPS) is 13.2. The number of aliphatic hydroxyl groups is 1. The number of halogens is 1. The van der Waals surface area contributed by atoms with Gasteiger partial charge in [-0.25, -0.2) is 0 Å². The Morgan fingerprint density at radius 2 is 1.94 bits per heavy atom. The first kappa shape index (κ1) is 13.3. The summed E-state index contributed by atoms with van der Waals surface area (Å²) in [6.45, 7) is 1.93. The summed E-state index contributed by atoms with van der Waals surface area (Å²) in [6, 6.07) is 7.96. The highest BCUT2D eigenvalue weighted by Crippen LogP contribution is 2.12. The third kappa shape index (κ3) is 5.34. The van der Waals surface area contributed by atoms with Crippen LogP contribution in [0.3, 0.4) is 0 Å². The summed E-state index contributed by atoms with van der Waals surface area (Å²) in [5, 5.41) is 10.3. The average Bonchev–Trinajstić information content (AvgIpc) is 2.27. The van der Waals surface area contributed by atoms with Crippen LogP contribution in [0.2, 0.25) is 5.02 Å². The monoisotopic (exact) mass is 238 g/mol. The lowest BCUT2D eigenvalue weighted by atomic mass is 10.1. The van der Waals surface area contributed by atoms with E-state index in [-0.39, 0.29) is 6.10 Å². The van der Waals surface area contributed by atoms with Gasteiger partial charge >= 0.3 is 0 Å². The number of benzene rings is 1. The van der Waals surface area contributed by atoms with E-state index >= 15 is 0 Å². The molecular weight excluding hydrogens is 220 g/mol. The number of rotatable bonds is 6. The number of aryl methyl sites for hydroxylation is 1. The van der Waals surface area contributed by atoms with Crippen LogP contribution >= 0.6 is 11.6 Å². The van der Waals surface area contributed by atoms with E-state index < -0.39 is 0 Å². The standard InChI is InChI=1S/C14H19ClO/c1-2-5-14(16)7-4-3-6-12-8-10-13(15)11-9-12/h2,5,8-11,14,16H,3-4,6-7H2,1H3/t14-/m1/s1. The Balaban J connectivity index is 2.18. The van der Waals surface area contributed by atoms with Gasteiger partial charge in [0.25, 0.3) is 0 Å². The van der Waals surface area contributed by atoms with Crippen LogP contribution < -0.4 is 0 Å². The smallest absolute Gasteiger partial charge is 0.0720 e. The molecule has 0 spiro atoms. The van der Waals surface area contributed by atoms with Gasteiger partial charge in [-0.3, -0.25) is 0 Å². The maximum absolute atomic E-state index is 9.48. The average molecular weight is 239 g/mol. The molecule has 2 heteroatoms. The predicted molar refractivity (Wildman–Crippen MR) is 69.8 cm³/mol. The molecule has 0 unspecified atom stereocenters.